The summed E-state index contributed by atoms with van der Waals surface area (Å²) in [5.74, 6) is -0.382. The van der Waals surface area contributed by atoms with E-state index >= 15 is 0 Å². The average Bonchev–Trinajstić information content (AvgIpc) is 3.25. The Bertz CT molecular complexity index is 1360. The molecule has 0 saturated carbocycles. The predicted molar refractivity (Wildman–Crippen MR) is 122 cm³/mol. The van der Waals surface area contributed by atoms with Gasteiger partial charge in [-0.3, -0.25) is 14.0 Å². The highest BCUT2D eigenvalue weighted by Crippen LogP contribution is 2.27. The second-order valence-corrected chi connectivity index (χ2v) is 7.54. The Hall–Kier alpha value is -3.98. The summed E-state index contributed by atoms with van der Waals surface area (Å²) in [6.45, 7) is 2.00. The van der Waals surface area contributed by atoms with Crippen molar-refractivity contribution in [3.63, 3.8) is 0 Å². The van der Waals surface area contributed by atoms with Crippen LogP contribution in [0.25, 0.3) is 16.2 Å². The molecule has 4 aromatic rings. The van der Waals surface area contributed by atoms with Crippen molar-refractivity contribution >= 4 is 33.9 Å². The lowest BCUT2D eigenvalue weighted by Gasteiger charge is -2.08. The standard InChI is InChI=1S/C23H19N3O5S/c1-3-31-22(29)14-7-9-16(10-8-14)25-20(27)18-12-24-23-26(21(18)28)19(13-32-23)15-5-4-6-17(11-15)30-2/h4-13H,3H2,1-2H3,(H,25,27). The third-order valence-electron chi connectivity index (χ3n) is 4.71. The first kappa shape index (κ1) is 21.3. The van der Waals surface area contributed by atoms with Crippen molar-refractivity contribution in [2.45, 2.75) is 6.92 Å². The van der Waals surface area contributed by atoms with Crippen LogP contribution >= 0.6 is 11.3 Å². The minimum atomic E-state index is -0.594. The van der Waals surface area contributed by atoms with Crippen LogP contribution in [-0.4, -0.2) is 35.0 Å². The molecule has 1 N–H and O–H groups in total. The van der Waals surface area contributed by atoms with Gasteiger partial charge in [-0.1, -0.05) is 12.1 Å². The Morgan fingerprint density at radius 2 is 1.94 bits per heavy atom. The van der Waals surface area contributed by atoms with Crippen LogP contribution in [0.2, 0.25) is 0 Å². The van der Waals surface area contributed by atoms with E-state index in [2.05, 4.69) is 10.3 Å². The molecule has 0 aliphatic carbocycles. The van der Waals surface area contributed by atoms with E-state index in [9.17, 15) is 14.4 Å². The molecular formula is C23H19N3O5S. The minimum absolute atomic E-state index is 0.0977. The van der Waals surface area contributed by atoms with Gasteiger partial charge in [0.15, 0.2) is 4.96 Å². The normalized spacial score (nSPS) is 10.7. The molecule has 0 spiro atoms. The number of amides is 1. The number of carbonyl (C=O) groups excluding carboxylic acids is 2. The summed E-state index contributed by atoms with van der Waals surface area (Å²) in [6, 6.07) is 13.5. The number of fused-ring (bicyclic) bond motifs is 1. The number of anilines is 1. The van der Waals surface area contributed by atoms with Gasteiger partial charge in [-0.15, -0.1) is 11.3 Å². The van der Waals surface area contributed by atoms with Gasteiger partial charge in [0.05, 0.1) is 25.0 Å². The Balaban J connectivity index is 1.64. The van der Waals surface area contributed by atoms with Crippen molar-refractivity contribution in [1.29, 1.82) is 0 Å². The van der Waals surface area contributed by atoms with Gasteiger partial charge >= 0.3 is 5.97 Å². The number of hydrogen-bond acceptors (Lipinski definition) is 7. The smallest absolute Gasteiger partial charge is 0.338 e. The molecule has 9 heteroatoms. The molecule has 0 saturated heterocycles. The molecule has 2 aromatic heterocycles. The molecule has 0 unspecified atom stereocenters. The van der Waals surface area contributed by atoms with Crippen LogP contribution in [0.15, 0.2) is 64.9 Å². The lowest BCUT2D eigenvalue weighted by Crippen LogP contribution is -2.26. The quantitative estimate of drug-likeness (QED) is 0.449. The maximum atomic E-state index is 13.2. The molecule has 1 amide bonds. The Labute approximate surface area is 187 Å². The molecule has 2 heterocycles. The molecule has 8 nitrogen and oxygen atoms in total. The summed E-state index contributed by atoms with van der Waals surface area (Å²) >= 11 is 1.30. The van der Waals surface area contributed by atoms with E-state index in [4.69, 9.17) is 9.47 Å². The molecule has 0 fully saturated rings. The molecular weight excluding hydrogens is 430 g/mol. The van der Waals surface area contributed by atoms with E-state index in [-0.39, 0.29) is 12.2 Å². The molecule has 2 aromatic carbocycles. The first-order valence-electron chi connectivity index (χ1n) is 9.74. The van der Waals surface area contributed by atoms with Crippen LogP contribution in [0.1, 0.15) is 27.6 Å². The van der Waals surface area contributed by atoms with Crippen LogP contribution in [0, 0.1) is 0 Å². The highest BCUT2D eigenvalue weighted by Gasteiger charge is 2.18. The number of benzene rings is 2. The number of ether oxygens (including phenoxy) is 2. The monoisotopic (exact) mass is 449 g/mol. The van der Waals surface area contributed by atoms with Gasteiger partial charge in [0.2, 0.25) is 0 Å². The van der Waals surface area contributed by atoms with Crippen molar-refractivity contribution in [2.75, 3.05) is 19.0 Å². The van der Waals surface area contributed by atoms with Gasteiger partial charge in [-0.05, 0) is 43.3 Å². The van der Waals surface area contributed by atoms with E-state index in [0.29, 0.717) is 27.7 Å². The van der Waals surface area contributed by atoms with Crippen molar-refractivity contribution < 1.29 is 19.1 Å². The highest BCUT2D eigenvalue weighted by atomic mass is 32.1. The first-order valence-corrected chi connectivity index (χ1v) is 10.6. The fourth-order valence-corrected chi connectivity index (χ4v) is 3.99. The molecule has 4 rings (SSSR count). The zero-order valence-corrected chi connectivity index (χ0v) is 18.1. The minimum Gasteiger partial charge on any atom is -0.497 e. The van der Waals surface area contributed by atoms with Crippen LogP contribution < -0.4 is 15.6 Å². The van der Waals surface area contributed by atoms with Gasteiger partial charge < -0.3 is 14.8 Å². The third kappa shape index (κ3) is 4.10. The van der Waals surface area contributed by atoms with Crippen LogP contribution in [0.4, 0.5) is 5.69 Å². The molecule has 162 valence electrons. The number of aromatic nitrogens is 2. The van der Waals surface area contributed by atoms with Crippen LogP contribution in [0.5, 0.6) is 5.75 Å². The topological polar surface area (TPSA) is 99.0 Å². The molecule has 0 aliphatic heterocycles. The summed E-state index contributed by atoms with van der Waals surface area (Å²) in [6.07, 6.45) is 1.27. The number of methoxy groups -OCH3 is 1. The number of esters is 1. The van der Waals surface area contributed by atoms with Crippen molar-refractivity contribution in [2.24, 2.45) is 0 Å². The third-order valence-corrected chi connectivity index (χ3v) is 5.55. The van der Waals surface area contributed by atoms with Crippen LogP contribution in [0.3, 0.4) is 0 Å². The first-order chi connectivity index (χ1) is 15.5. The SMILES string of the molecule is CCOC(=O)c1ccc(NC(=O)c2cnc3scc(-c4cccc(OC)c4)n3c2=O)cc1. The maximum Gasteiger partial charge on any atom is 0.338 e. The fraction of sp³-hybridized carbons (Fsp3) is 0.130. The summed E-state index contributed by atoms with van der Waals surface area (Å²) in [4.78, 5) is 42.5. The molecule has 0 bridgehead atoms. The van der Waals surface area contributed by atoms with E-state index in [1.807, 2.05) is 29.6 Å². The molecule has 32 heavy (non-hydrogen) atoms. The van der Waals surface area contributed by atoms with Crippen LogP contribution in [-0.2, 0) is 4.74 Å². The van der Waals surface area contributed by atoms with Gasteiger partial charge in [-0.25, -0.2) is 9.78 Å². The number of thiazole rings is 1. The number of nitrogens with one attached hydrogen (secondary N) is 1. The van der Waals surface area contributed by atoms with E-state index in [0.717, 1.165) is 5.56 Å². The van der Waals surface area contributed by atoms with E-state index < -0.39 is 17.4 Å². The zero-order chi connectivity index (χ0) is 22.7. The molecule has 0 radical (unpaired) electrons. The van der Waals surface area contributed by atoms with Crippen molar-refractivity contribution in [3.8, 4) is 17.0 Å². The molecule has 0 aliphatic rings. The summed E-state index contributed by atoms with van der Waals surface area (Å²) in [5, 5.41) is 4.48. The van der Waals surface area contributed by atoms with E-state index in [1.54, 1.807) is 38.3 Å². The fourth-order valence-electron chi connectivity index (χ4n) is 3.13. The largest absolute Gasteiger partial charge is 0.497 e. The number of hydrogen-bond donors (Lipinski definition) is 1. The predicted octanol–water partition coefficient (Wildman–Crippen LogP) is 3.86. The lowest BCUT2D eigenvalue weighted by atomic mass is 10.1. The highest BCUT2D eigenvalue weighted by molar-refractivity contribution is 7.15. The zero-order valence-electron chi connectivity index (χ0n) is 17.3. The van der Waals surface area contributed by atoms with Gasteiger partial charge in [0.1, 0.15) is 11.3 Å². The molecule has 0 atom stereocenters. The Morgan fingerprint density at radius 1 is 1.16 bits per heavy atom. The van der Waals surface area contributed by atoms with Gasteiger partial charge in [0, 0.05) is 22.8 Å². The lowest BCUT2D eigenvalue weighted by molar-refractivity contribution is 0.0526. The Kier molecular flexibility index (Phi) is 6.00. The Morgan fingerprint density at radius 3 is 2.66 bits per heavy atom. The van der Waals surface area contributed by atoms with Gasteiger partial charge in [-0.2, -0.15) is 0 Å². The van der Waals surface area contributed by atoms with Gasteiger partial charge in [0.25, 0.3) is 11.5 Å². The van der Waals surface area contributed by atoms with Crippen molar-refractivity contribution in [3.05, 3.63) is 81.6 Å². The summed E-state index contributed by atoms with van der Waals surface area (Å²) in [5.41, 5.74) is 1.62. The number of nitrogens with zero attached hydrogens (tertiary/aromatic N) is 2. The summed E-state index contributed by atoms with van der Waals surface area (Å²) in [7, 11) is 1.57. The second kappa shape index (κ2) is 9.03. The van der Waals surface area contributed by atoms with Crippen molar-refractivity contribution in [1.82, 2.24) is 9.38 Å². The second-order valence-electron chi connectivity index (χ2n) is 6.70. The number of rotatable bonds is 6. The number of carbonyl (C=O) groups is 2. The average molecular weight is 449 g/mol. The van der Waals surface area contributed by atoms with E-state index in [1.165, 1.54) is 21.9 Å². The maximum absolute atomic E-state index is 13.2. The summed E-state index contributed by atoms with van der Waals surface area (Å²) < 4.78 is 11.6.